The molecule has 0 aliphatic carbocycles. The van der Waals surface area contributed by atoms with Crippen molar-refractivity contribution in [3.05, 3.63) is 58.0 Å². The summed E-state index contributed by atoms with van der Waals surface area (Å²) in [6, 6.07) is 15.9. The lowest BCUT2D eigenvalue weighted by atomic mass is 9.98. The Morgan fingerprint density at radius 1 is 0.864 bits per heavy atom. The fourth-order valence-corrected chi connectivity index (χ4v) is 3.31. The fraction of sp³-hybridized carbons (Fsp3) is 0.111. The van der Waals surface area contributed by atoms with Crippen molar-refractivity contribution in [2.24, 2.45) is 0 Å². The number of ether oxygens (including phenoxy) is 2. The van der Waals surface area contributed by atoms with E-state index in [2.05, 4.69) is 22.0 Å². The first-order valence-electron chi connectivity index (χ1n) is 6.74. The summed E-state index contributed by atoms with van der Waals surface area (Å²) in [7, 11) is 3.27. The summed E-state index contributed by atoms with van der Waals surface area (Å²) < 4.78 is 11.7. The van der Waals surface area contributed by atoms with Gasteiger partial charge in [-0.15, -0.1) is 0 Å². The Hall–Kier alpha value is -1.71. The van der Waals surface area contributed by atoms with Gasteiger partial charge in [-0.25, -0.2) is 0 Å². The predicted molar refractivity (Wildman–Crippen MR) is 95.2 cm³/mol. The van der Waals surface area contributed by atoms with Crippen LogP contribution in [0.25, 0.3) is 21.9 Å². The van der Waals surface area contributed by atoms with Crippen LogP contribution in [0.2, 0.25) is 5.02 Å². The molecule has 0 amide bonds. The van der Waals surface area contributed by atoms with Crippen molar-refractivity contribution >= 4 is 38.3 Å². The Morgan fingerprint density at radius 2 is 1.64 bits per heavy atom. The molecule has 0 saturated heterocycles. The van der Waals surface area contributed by atoms with Gasteiger partial charge in [0.05, 0.1) is 14.2 Å². The number of halogens is 2. The van der Waals surface area contributed by atoms with Crippen LogP contribution in [-0.4, -0.2) is 14.2 Å². The van der Waals surface area contributed by atoms with Gasteiger partial charge >= 0.3 is 0 Å². The van der Waals surface area contributed by atoms with Gasteiger partial charge in [0.1, 0.15) is 0 Å². The van der Waals surface area contributed by atoms with E-state index in [4.69, 9.17) is 21.1 Å². The Kier molecular flexibility index (Phi) is 4.27. The molecule has 0 heterocycles. The zero-order valence-corrected chi connectivity index (χ0v) is 14.5. The zero-order chi connectivity index (χ0) is 15.7. The summed E-state index contributed by atoms with van der Waals surface area (Å²) in [4.78, 5) is 0. The van der Waals surface area contributed by atoms with Crippen LogP contribution in [0.4, 0.5) is 0 Å². The smallest absolute Gasteiger partial charge is 0.161 e. The van der Waals surface area contributed by atoms with E-state index in [9.17, 15) is 0 Å². The number of fused-ring (bicyclic) bond motifs is 1. The minimum Gasteiger partial charge on any atom is -0.493 e. The maximum absolute atomic E-state index is 6.10. The van der Waals surface area contributed by atoms with Gasteiger partial charge in [-0.3, -0.25) is 0 Å². The molecule has 0 radical (unpaired) electrons. The molecule has 0 unspecified atom stereocenters. The number of hydrogen-bond acceptors (Lipinski definition) is 2. The first kappa shape index (κ1) is 15.2. The fourth-order valence-electron chi connectivity index (χ4n) is 2.56. The highest BCUT2D eigenvalue weighted by Gasteiger charge is 2.12. The maximum Gasteiger partial charge on any atom is 0.161 e. The van der Waals surface area contributed by atoms with Gasteiger partial charge in [0.25, 0.3) is 0 Å². The van der Waals surface area contributed by atoms with Crippen LogP contribution in [0.5, 0.6) is 11.5 Å². The van der Waals surface area contributed by atoms with Crippen LogP contribution < -0.4 is 9.47 Å². The van der Waals surface area contributed by atoms with E-state index in [1.165, 1.54) is 0 Å². The summed E-state index contributed by atoms with van der Waals surface area (Å²) in [6.07, 6.45) is 0. The van der Waals surface area contributed by atoms with Gasteiger partial charge in [0.15, 0.2) is 11.5 Å². The second kappa shape index (κ2) is 6.19. The minimum absolute atomic E-state index is 0.706. The molecule has 2 nitrogen and oxygen atoms in total. The van der Waals surface area contributed by atoms with Crippen LogP contribution in [0.15, 0.2) is 53.0 Å². The van der Waals surface area contributed by atoms with E-state index in [-0.39, 0.29) is 0 Å². The molecule has 3 rings (SSSR count). The molecule has 0 fully saturated rings. The third kappa shape index (κ3) is 2.67. The summed E-state index contributed by atoms with van der Waals surface area (Å²) in [5.41, 5.74) is 2.16. The first-order valence-corrected chi connectivity index (χ1v) is 7.91. The molecule has 22 heavy (non-hydrogen) atoms. The van der Waals surface area contributed by atoms with Crippen LogP contribution in [0.3, 0.4) is 0 Å². The lowest BCUT2D eigenvalue weighted by Gasteiger charge is -2.13. The molecular formula is C18H14BrClO2. The third-order valence-corrected chi connectivity index (χ3v) is 4.50. The van der Waals surface area contributed by atoms with Gasteiger partial charge in [-0.1, -0.05) is 45.7 Å². The molecule has 112 valence electrons. The van der Waals surface area contributed by atoms with Crippen LogP contribution in [0, 0.1) is 0 Å². The van der Waals surface area contributed by atoms with Crippen molar-refractivity contribution in [1.29, 1.82) is 0 Å². The van der Waals surface area contributed by atoms with E-state index < -0.39 is 0 Å². The normalized spacial score (nSPS) is 10.7. The second-order valence-corrected chi connectivity index (χ2v) is 6.15. The molecule has 0 aliphatic rings. The monoisotopic (exact) mass is 376 g/mol. The molecule has 0 N–H and O–H groups in total. The lowest BCUT2D eigenvalue weighted by molar-refractivity contribution is 0.355. The van der Waals surface area contributed by atoms with Gasteiger partial charge < -0.3 is 9.47 Å². The van der Waals surface area contributed by atoms with Crippen LogP contribution in [0.1, 0.15) is 0 Å². The average molecular weight is 378 g/mol. The van der Waals surface area contributed by atoms with Crippen molar-refractivity contribution in [2.75, 3.05) is 14.2 Å². The topological polar surface area (TPSA) is 18.5 Å². The lowest BCUT2D eigenvalue weighted by Crippen LogP contribution is -1.91. The minimum atomic E-state index is 0.706. The molecular weight excluding hydrogens is 364 g/mol. The highest BCUT2D eigenvalue weighted by molar-refractivity contribution is 9.10. The number of rotatable bonds is 3. The molecule has 0 aromatic heterocycles. The van der Waals surface area contributed by atoms with E-state index >= 15 is 0 Å². The van der Waals surface area contributed by atoms with Gasteiger partial charge in [0.2, 0.25) is 0 Å². The zero-order valence-electron chi connectivity index (χ0n) is 12.2. The summed E-state index contributed by atoms with van der Waals surface area (Å²) in [5.74, 6) is 1.42. The predicted octanol–water partition coefficient (Wildman–Crippen LogP) is 5.94. The van der Waals surface area contributed by atoms with Crippen LogP contribution in [-0.2, 0) is 0 Å². The standard InChI is InChI=1S/C18H14BrClO2/c1-21-16-8-4-12(10-17(16)22-2)18-14-6-5-13(20)9-11(14)3-7-15(18)19/h3-10H,1-2H3. The van der Waals surface area contributed by atoms with Crippen molar-refractivity contribution in [3.63, 3.8) is 0 Å². The number of benzene rings is 3. The van der Waals surface area contributed by atoms with E-state index in [0.29, 0.717) is 11.5 Å². The van der Waals surface area contributed by atoms with E-state index in [1.807, 2.05) is 42.5 Å². The molecule has 3 aromatic carbocycles. The molecule has 3 aromatic rings. The summed E-state index contributed by atoms with van der Waals surface area (Å²) >= 11 is 9.75. The summed E-state index contributed by atoms with van der Waals surface area (Å²) in [5, 5.41) is 2.96. The van der Waals surface area contributed by atoms with Crippen molar-refractivity contribution in [1.82, 2.24) is 0 Å². The van der Waals surface area contributed by atoms with Gasteiger partial charge in [-0.2, -0.15) is 0 Å². The highest BCUT2D eigenvalue weighted by Crippen LogP contribution is 2.39. The second-order valence-electron chi connectivity index (χ2n) is 4.86. The molecule has 0 aliphatic heterocycles. The largest absolute Gasteiger partial charge is 0.493 e. The summed E-state index contributed by atoms with van der Waals surface area (Å²) in [6.45, 7) is 0. The van der Waals surface area contributed by atoms with Gasteiger partial charge in [-0.05, 0) is 46.7 Å². The van der Waals surface area contributed by atoms with E-state index in [0.717, 1.165) is 31.4 Å². The Morgan fingerprint density at radius 3 is 2.36 bits per heavy atom. The quantitative estimate of drug-likeness (QED) is 0.562. The van der Waals surface area contributed by atoms with Crippen LogP contribution >= 0.6 is 27.5 Å². The highest BCUT2D eigenvalue weighted by atomic mass is 79.9. The number of methoxy groups -OCH3 is 2. The SMILES string of the molecule is COc1ccc(-c2c(Br)ccc3cc(Cl)ccc23)cc1OC. The van der Waals surface area contributed by atoms with Crippen molar-refractivity contribution < 1.29 is 9.47 Å². The molecule has 0 saturated carbocycles. The molecule has 0 bridgehead atoms. The Balaban J connectivity index is 2.27. The van der Waals surface area contributed by atoms with Crippen molar-refractivity contribution in [2.45, 2.75) is 0 Å². The molecule has 0 atom stereocenters. The molecule has 4 heteroatoms. The third-order valence-electron chi connectivity index (χ3n) is 3.60. The van der Waals surface area contributed by atoms with E-state index in [1.54, 1.807) is 14.2 Å². The number of hydrogen-bond donors (Lipinski definition) is 0. The first-order chi connectivity index (χ1) is 10.6. The molecule has 0 spiro atoms. The van der Waals surface area contributed by atoms with Crippen molar-refractivity contribution in [3.8, 4) is 22.6 Å². The maximum atomic E-state index is 6.10. The van der Waals surface area contributed by atoms with Gasteiger partial charge in [0, 0.05) is 15.1 Å². The Labute approximate surface area is 142 Å². The Bertz CT molecular complexity index is 846. The average Bonchev–Trinajstić information content (AvgIpc) is 2.54.